The monoisotopic (exact) mass is 1330 g/mol. The molecule has 506 valence electrons. The largest absolute Gasteiger partial charge is 0.484 e. The Hall–Kier alpha value is -12.2. The second-order valence-electron chi connectivity index (χ2n) is 20.6. The van der Waals surface area contributed by atoms with Gasteiger partial charge in [-0.25, -0.2) is 0 Å². The normalized spacial score (nSPS) is 10.5. The molecule has 0 unspecified atom stereocenters. The molecule has 0 heterocycles. The molecule has 12 N–H and O–H groups in total. The van der Waals surface area contributed by atoms with Crippen LogP contribution in [0.15, 0.2) is 121 Å². The highest BCUT2D eigenvalue weighted by Gasteiger charge is 2.22. The zero-order chi connectivity index (χ0) is 69.5. The summed E-state index contributed by atoms with van der Waals surface area (Å²) in [7, 11) is 0. The molecule has 30 heteroatoms. The number of ether oxygens (including phenoxy) is 6. The number of benzene rings is 6. The molecular formula is C66H68N6O24. The summed E-state index contributed by atoms with van der Waals surface area (Å²) in [5.41, 5.74) is 3.94. The molecule has 0 radical (unpaired) electrons. The van der Waals surface area contributed by atoms with E-state index in [0.29, 0.717) is 33.4 Å². The summed E-state index contributed by atoms with van der Waals surface area (Å²) in [6.07, 6.45) is -2.16. The van der Waals surface area contributed by atoms with Crippen LogP contribution in [0.1, 0.15) is 38.5 Å². The average Bonchev–Trinajstić information content (AvgIpc) is 0.795. The summed E-state index contributed by atoms with van der Waals surface area (Å²) in [5, 5.41) is 69.5. The van der Waals surface area contributed by atoms with Gasteiger partial charge in [0.05, 0.1) is 38.5 Å². The molecule has 6 amide bonds. The van der Waals surface area contributed by atoms with Crippen molar-refractivity contribution in [2.24, 2.45) is 0 Å². The molecule has 96 heavy (non-hydrogen) atoms. The number of aliphatic carboxylic acids is 6. The minimum atomic E-state index is -1.17. The van der Waals surface area contributed by atoms with Crippen LogP contribution in [-0.4, -0.2) is 181 Å². The van der Waals surface area contributed by atoms with Gasteiger partial charge >= 0.3 is 35.8 Å². The van der Waals surface area contributed by atoms with Gasteiger partial charge in [0.15, 0.2) is 39.6 Å². The van der Waals surface area contributed by atoms with Gasteiger partial charge in [-0.05, 0) is 106 Å². The van der Waals surface area contributed by atoms with E-state index in [1.807, 2.05) is 0 Å². The van der Waals surface area contributed by atoms with E-state index in [4.69, 9.17) is 38.6 Å². The van der Waals surface area contributed by atoms with E-state index in [2.05, 4.69) is 31.9 Å². The lowest BCUT2D eigenvalue weighted by Crippen LogP contribution is -2.31. The minimum absolute atomic E-state index is 0.0205. The zero-order valence-corrected chi connectivity index (χ0v) is 51.3. The predicted octanol–water partition coefficient (Wildman–Crippen LogP) is 3.84. The Bertz CT molecular complexity index is 3590. The Labute approximate surface area is 546 Å². The predicted molar refractivity (Wildman–Crippen MR) is 338 cm³/mol. The summed E-state index contributed by atoms with van der Waals surface area (Å²) in [6.45, 7) is -4.60. The number of carboxylic acid groups (broad SMARTS) is 6. The number of nitrogens with one attached hydrogen (secondary N) is 6. The van der Waals surface area contributed by atoms with Crippen molar-refractivity contribution in [1.82, 2.24) is 31.9 Å². The van der Waals surface area contributed by atoms with E-state index in [0.717, 1.165) is 0 Å². The highest BCUT2D eigenvalue weighted by atomic mass is 16.5. The van der Waals surface area contributed by atoms with E-state index < -0.39 is 124 Å². The molecule has 0 fully saturated rings. The fourth-order valence-electron chi connectivity index (χ4n) is 8.74. The molecule has 0 aliphatic heterocycles. The van der Waals surface area contributed by atoms with Gasteiger partial charge in [-0.1, -0.05) is 48.5 Å². The molecule has 0 aliphatic carbocycles. The Morgan fingerprint density at radius 1 is 0.250 bits per heavy atom. The van der Waals surface area contributed by atoms with Crippen molar-refractivity contribution in [3.63, 3.8) is 0 Å². The van der Waals surface area contributed by atoms with Gasteiger partial charge in [0.1, 0.15) is 34.5 Å². The molecule has 6 aromatic rings. The smallest absolute Gasteiger partial charge is 0.305 e. The van der Waals surface area contributed by atoms with Crippen LogP contribution in [0.25, 0.3) is 55.6 Å². The number of carbonyl (C=O) groups is 12. The van der Waals surface area contributed by atoms with Crippen LogP contribution < -0.4 is 60.3 Å². The Morgan fingerprint density at radius 2 is 0.448 bits per heavy atom. The standard InChI is InChI=1S/C66H68N6O24/c73-55(67-21-15-61(79)80)33-91-45-5-1-3-39(27-45)41-7-11-47(51(29-41)93-35-57(75)69-23-17-63(83)84)49-13-9-43(31-53(49)95-37-59(77)71-25-19-65(87)88)44-10-14-50(54(32-44)96-38-60(78)72-26-20-66(89)90)48-12-8-42(30-52(48)94-36-58(76)70-24-18-64(85)86)40-4-2-6-46(28-40)92-34-56(74)68-22-16-62(81)82/h1-14,27-32H,15-26,33-38H2,(H,67,73)(H,68,74)(H,69,75)(H,70,76)(H,71,77)(H,72,78)(H,79,80)(H,81,82)(H,83,84)(H,85,86)(H,87,88)(H,89,90). The lowest BCUT2D eigenvalue weighted by atomic mass is 9.94. The van der Waals surface area contributed by atoms with Crippen LogP contribution in [0.2, 0.25) is 0 Å². The highest BCUT2D eigenvalue weighted by molar-refractivity contribution is 5.88. The molecule has 0 aliphatic rings. The van der Waals surface area contributed by atoms with Crippen LogP contribution in [0.4, 0.5) is 0 Å². The quantitative estimate of drug-likeness (QED) is 0.0259. The van der Waals surface area contributed by atoms with E-state index in [1.165, 1.54) is 0 Å². The van der Waals surface area contributed by atoms with Crippen molar-refractivity contribution in [3.8, 4) is 90.1 Å². The lowest BCUT2D eigenvalue weighted by Gasteiger charge is -2.19. The number of hydrogen-bond donors (Lipinski definition) is 12. The Balaban J connectivity index is 1.45. The third-order valence-electron chi connectivity index (χ3n) is 13.3. The van der Waals surface area contributed by atoms with Crippen molar-refractivity contribution in [3.05, 3.63) is 121 Å². The van der Waals surface area contributed by atoms with Crippen LogP contribution in [0.5, 0.6) is 34.5 Å². The fraction of sp³-hybridized carbons (Fsp3) is 0.273. The zero-order valence-electron chi connectivity index (χ0n) is 51.3. The van der Waals surface area contributed by atoms with Gasteiger partial charge in [-0.2, -0.15) is 0 Å². The van der Waals surface area contributed by atoms with E-state index in [1.54, 1.807) is 121 Å². The van der Waals surface area contributed by atoms with Crippen LogP contribution >= 0.6 is 0 Å². The molecule has 0 saturated carbocycles. The molecule has 6 rings (SSSR count). The minimum Gasteiger partial charge on any atom is -0.484 e. The van der Waals surface area contributed by atoms with Crippen molar-refractivity contribution in [2.75, 3.05) is 78.9 Å². The molecule has 0 aromatic heterocycles. The van der Waals surface area contributed by atoms with Crippen LogP contribution in [0.3, 0.4) is 0 Å². The fourth-order valence-corrected chi connectivity index (χ4v) is 8.74. The maximum Gasteiger partial charge on any atom is 0.305 e. The van der Waals surface area contributed by atoms with Crippen molar-refractivity contribution in [1.29, 1.82) is 0 Å². The SMILES string of the molecule is O=C(O)CCNC(=O)COc1cccc(-c2ccc(-c3ccc(-c4ccc(-c5ccc(-c6cccc(OCC(=O)NCCC(=O)O)c6)cc5OCC(=O)NCCC(=O)O)c(OCC(=O)NCCC(=O)O)c4)cc3OCC(=O)NCCC(=O)O)c(OCC(=O)NCCC(=O)O)c2)c1. The molecule has 0 saturated heterocycles. The van der Waals surface area contributed by atoms with Gasteiger partial charge in [0.25, 0.3) is 35.4 Å². The first-order chi connectivity index (χ1) is 46.0. The molecule has 0 bridgehead atoms. The number of rotatable bonds is 41. The number of hydrogen-bond acceptors (Lipinski definition) is 18. The van der Waals surface area contributed by atoms with Crippen LogP contribution in [0, 0.1) is 0 Å². The first-order valence-electron chi connectivity index (χ1n) is 29.5. The maximum absolute atomic E-state index is 13.2. The van der Waals surface area contributed by atoms with Crippen LogP contribution in [-0.2, 0) is 57.5 Å². The molecule has 0 atom stereocenters. The number of amides is 6. The number of carboxylic acids is 6. The van der Waals surface area contributed by atoms with Crippen molar-refractivity contribution >= 4 is 71.3 Å². The summed E-state index contributed by atoms with van der Waals surface area (Å²) < 4.78 is 36.1. The third-order valence-corrected chi connectivity index (χ3v) is 13.3. The third kappa shape index (κ3) is 25.1. The van der Waals surface area contributed by atoms with Crippen molar-refractivity contribution < 1.29 is 117 Å². The second-order valence-corrected chi connectivity index (χ2v) is 20.6. The van der Waals surface area contributed by atoms with Crippen molar-refractivity contribution in [2.45, 2.75) is 38.5 Å². The average molecular weight is 1330 g/mol. The number of carbonyl (C=O) groups excluding carboxylic acids is 6. The molecular weight excluding hydrogens is 1260 g/mol. The Morgan fingerprint density at radius 3 is 0.656 bits per heavy atom. The summed E-state index contributed by atoms with van der Waals surface area (Å²) in [4.78, 5) is 144. The van der Waals surface area contributed by atoms with Gasteiger partial charge in [-0.15, -0.1) is 0 Å². The summed E-state index contributed by atoms with van der Waals surface area (Å²) in [5.74, 6) is -10.1. The van der Waals surface area contributed by atoms with Gasteiger partial charge < -0.3 is 91.0 Å². The highest BCUT2D eigenvalue weighted by Crippen LogP contribution is 2.44. The summed E-state index contributed by atoms with van der Waals surface area (Å²) >= 11 is 0. The lowest BCUT2D eigenvalue weighted by molar-refractivity contribution is -0.138. The Kier molecular flexibility index (Phi) is 28.3. The van der Waals surface area contributed by atoms with E-state index in [-0.39, 0.29) is 122 Å². The van der Waals surface area contributed by atoms with Gasteiger partial charge in [0, 0.05) is 61.5 Å². The van der Waals surface area contributed by atoms with E-state index in [9.17, 15) is 78.0 Å². The first-order valence-corrected chi connectivity index (χ1v) is 29.5. The maximum atomic E-state index is 13.2. The van der Waals surface area contributed by atoms with Gasteiger partial charge in [-0.3, -0.25) is 57.5 Å². The summed E-state index contributed by atoms with van der Waals surface area (Å²) in [6, 6.07) is 32.5. The van der Waals surface area contributed by atoms with E-state index >= 15 is 0 Å². The molecule has 30 nitrogen and oxygen atoms in total. The topological polar surface area (TPSA) is 454 Å². The molecule has 0 spiro atoms. The molecule has 6 aromatic carbocycles. The van der Waals surface area contributed by atoms with Gasteiger partial charge in [0.2, 0.25) is 0 Å². The second kappa shape index (κ2) is 37.3. The first kappa shape index (κ1) is 72.8.